The zero-order valence-electron chi connectivity index (χ0n) is 12.1. The van der Waals surface area contributed by atoms with Crippen LogP contribution in [0, 0.1) is 18.8 Å². The van der Waals surface area contributed by atoms with Gasteiger partial charge < -0.3 is 11.1 Å². The van der Waals surface area contributed by atoms with E-state index in [1.165, 1.54) is 7.05 Å². The van der Waals surface area contributed by atoms with Crippen LogP contribution in [0.3, 0.4) is 0 Å². The lowest BCUT2D eigenvalue weighted by molar-refractivity contribution is 0.0955. The summed E-state index contributed by atoms with van der Waals surface area (Å²) in [7, 11) is -1.99. The van der Waals surface area contributed by atoms with Crippen LogP contribution in [0.15, 0.2) is 18.2 Å². The Balaban J connectivity index is 2.79. The van der Waals surface area contributed by atoms with Gasteiger partial charge in [0.2, 0.25) is 10.0 Å². The van der Waals surface area contributed by atoms with Gasteiger partial charge in [-0.15, -0.1) is 0 Å². The molecule has 1 rings (SSSR count). The van der Waals surface area contributed by atoms with Gasteiger partial charge in [-0.1, -0.05) is 17.9 Å². The molecule has 0 aliphatic carbocycles. The van der Waals surface area contributed by atoms with Gasteiger partial charge in [0.15, 0.2) is 0 Å². The van der Waals surface area contributed by atoms with Crippen LogP contribution in [-0.4, -0.2) is 40.2 Å². The molecule has 0 spiro atoms. The standard InChI is InChI=1S/C14H19N3O3S/c1-11-12(6-4-8-15)5-3-7-13(11)14(18)17-9-10-21(19,20)16-2/h3,5,7,16H,8-10,15H2,1-2H3,(H,17,18). The SMILES string of the molecule is CNS(=O)(=O)CCNC(=O)c1cccc(C#CCN)c1C. The quantitative estimate of drug-likeness (QED) is 0.643. The van der Waals surface area contributed by atoms with E-state index in [4.69, 9.17) is 5.73 Å². The molecule has 6 nitrogen and oxygen atoms in total. The summed E-state index contributed by atoms with van der Waals surface area (Å²) >= 11 is 0. The number of hydrogen-bond acceptors (Lipinski definition) is 4. The number of nitrogens with two attached hydrogens (primary N) is 1. The van der Waals surface area contributed by atoms with Crippen molar-refractivity contribution in [2.45, 2.75) is 6.92 Å². The highest BCUT2D eigenvalue weighted by atomic mass is 32.2. The predicted molar refractivity (Wildman–Crippen MR) is 82.3 cm³/mol. The number of carbonyl (C=O) groups excluding carboxylic acids is 1. The van der Waals surface area contributed by atoms with E-state index in [0.717, 1.165) is 11.1 Å². The molecule has 1 aromatic rings. The van der Waals surface area contributed by atoms with Crippen LogP contribution in [0.4, 0.5) is 0 Å². The topological polar surface area (TPSA) is 101 Å². The fourth-order valence-corrected chi connectivity index (χ4v) is 2.23. The first-order chi connectivity index (χ1) is 9.91. The van der Waals surface area contributed by atoms with Crippen molar-refractivity contribution < 1.29 is 13.2 Å². The Bertz CT molecular complexity index is 672. The maximum absolute atomic E-state index is 12.1. The van der Waals surface area contributed by atoms with Crippen molar-refractivity contribution >= 4 is 15.9 Å². The molecular weight excluding hydrogens is 290 g/mol. The van der Waals surface area contributed by atoms with Gasteiger partial charge in [-0.2, -0.15) is 0 Å². The van der Waals surface area contributed by atoms with E-state index in [0.29, 0.717) is 5.56 Å². The van der Waals surface area contributed by atoms with Gasteiger partial charge in [0, 0.05) is 17.7 Å². The van der Waals surface area contributed by atoms with Crippen LogP contribution in [0.1, 0.15) is 21.5 Å². The van der Waals surface area contributed by atoms with Crippen molar-refractivity contribution in [2.24, 2.45) is 5.73 Å². The van der Waals surface area contributed by atoms with Gasteiger partial charge in [-0.3, -0.25) is 4.79 Å². The van der Waals surface area contributed by atoms with Gasteiger partial charge in [-0.25, -0.2) is 13.1 Å². The van der Waals surface area contributed by atoms with Gasteiger partial charge in [0.25, 0.3) is 5.91 Å². The van der Waals surface area contributed by atoms with E-state index >= 15 is 0 Å². The summed E-state index contributed by atoms with van der Waals surface area (Å²) in [6.45, 7) is 2.08. The predicted octanol–water partition coefficient (Wildman–Crippen LogP) is -0.416. The zero-order chi connectivity index (χ0) is 15.9. The fourth-order valence-electron chi connectivity index (χ4n) is 1.66. The smallest absolute Gasteiger partial charge is 0.251 e. The van der Waals surface area contributed by atoms with Gasteiger partial charge in [-0.05, 0) is 31.7 Å². The number of rotatable bonds is 5. The van der Waals surface area contributed by atoms with Crippen LogP contribution in [-0.2, 0) is 10.0 Å². The third-order valence-electron chi connectivity index (χ3n) is 2.87. The average molecular weight is 309 g/mol. The van der Waals surface area contributed by atoms with Gasteiger partial charge >= 0.3 is 0 Å². The maximum Gasteiger partial charge on any atom is 0.251 e. The first-order valence-corrected chi connectivity index (χ1v) is 8.04. The van der Waals surface area contributed by atoms with E-state index in [-0.39, 0.29) is 24.7 Å². The number of hydrogen-bond donors (Lipinski definition) is 3. The summed E-state index contributed by atoms with van der Waals surface area (Å²) in [5, 5.41) is 2.58. The molecule has 0 fully saturated rings. The van der Waals surface area contributed by atoms with Crippen molar-refractivity contribution in [3.8, 4) is 11.8 Å². The van der Waals surface area contributed by atoms with E-state index in [9.17, 15) is 13.2 Å². The molecule has 1 aromatic carbocycles. The fraction of sp³-hybridized carbons (Fsp3) is 0.357. The number of benzene rings is 1. The molecule has 1 amide bonds. The molecule has 0 aliphatic heterocycles. The summed E-state index contributed by atoms with van der Waals surface area (Å²) in [4.78, 5) is 12.1. The van der Waals surface area contributed by atoms with Crippen molar-refractivity contribution in [1.29, 1.82) is 0 Å². The Kier molecular flexibility index (Phi) is 6.37. The first-order valence-electron chi connectivity index (χ1n) is 6.39. The third kappa shape index (κ3) is 5.19. The summed E-state index contributed by atoms with van der Waals surface area (Å²) < 4.78 is 24.7. The molecule has 7 heteroatoms. The van der Waals surface area contributed by atoms with E-state index in [1.807, 2.05) is 0 Å². The van der Waals surface area contributed by atoms with Crippen LogP contribution in [0.25, 0.3) is 0 Å². The molecular formula is C14H19N3O3S. The highest BCUT2D eigenvalue weighted by Crippen LogP contribution is 2.12. The van der Waals surface area contributed by atoms with E-state index < -0.39 is 10.0 Å². The van der Waals surface area contributed by atoms with Crippen LogP contribution in [0.2, 0.25) is 0 Å². The summed E-state index contributed by atoms with van der Waals surface area (Å²) in [5.74, 6) is 5.15. The second kappa shape index (κ2) is 7.78. The summed E-state index contributed by atoms with van der Waals surface area (Å²) in [6, 6.07) is 5.21. The van der Waals surface area contributed by atoms with E-state index in [2.05, 4.69) is 21.9 Å². The maximum atomic E-state index is 12.1. The highest BCUT2D eigenvalue weighted by molar-refractivity contribution is 7.89. The Labute approximate surface area is 125 Å². The highest BCUT2D eigenvalue weighted by Gasteiger charge is 2.12. The molecule has 0 saturated carbocycles. The summed E-state index contributed by atoms with van der Waals surface area (Å²) in [5.41, 5.74) is 7.28. The molecule has 0 bridgehead atoms. The number of carbonyl (C=O) groups is 1. The lowest BCUT2D eigenvalue weighted by atomic mass is 10.0. The molecule has 0 aromatic heterocycles. The molecule has 114 valence electrons. The minimum Gasteiger partial charge on any atom is -0.351 e. The van der Waals surface area contributed by atoms with Crippen molar-refractivity contribution in [1.82, 2.24) is 10.0 Å². The molecule has 0 radical (unpaired) electrons. The monoisotopic (exact) mass is 309 g/mol. The minimum atomic E-state index is -3.33. The van der Waals surface area contributed by atoms with Crippen LogP contribution < -0.4 is 15.8 Å². The Morgan fingerprint density at radius 2 is 2.10 bits per heavy atom. The van der Waals surface area contributed by atoms with E-state index in [1.54, 1.807) is 25.1 Å². The normalized spacial score (nSPS) is 10.6. The van der Waals surface area contributed by atoms with Crippen LogP contribution in [0.5, 0.6) is 0 Å². The molecule has 0 aliphatic rings. The Morgan fingerprint density at radius 3 is 2.71 bits per heavy atom. The van der Waals surface area contributed by atoms with Crippen molar-refractivity contribution in [3.05, 3.63) is 34.9 Å². The molecule has 0 atom stereocenters. The minimum absolute atomic E-state index is 0.0418. The first kappa shape index (κ1) is 17.2. The molecule has 21 heavy (non-hydrogen) atoms. The molecule has 0 unspecified atom stereocenters. The van der Waals surface area contributed by atoms with Crippen molar-refractivity contribution in [2.75, 3.05) is 25.9 Å². The molecule has 0 saturated heterocycles. The summed E-state index contributed by atoms with van der Waals surface area (Å²) in [6.07, 6.45) is 0. The third-order valence-corrected chi connectivity index (χ3v) is 4.23. The van der Waals surface area contributed by atoms with Crippen molar-refractivity contribution in [3.63, 3.8) is 0 Å². The van der Waals surface area contributed by atoms with Crippen LogP contribution >= 0.6 is 0 Å². The lowest BCUT2D eigenvalue weighted by Crippen LogP contribution is -2.33. The largest absolute Gasteiger partial charge is 0.351 e. The second-order valence-corrected chi connectivity index (χ2v) is 6.31. The zero-order valence-corrected chi connectivity index (χ0v) is 12.9. The lowest BCUT2D eigenvalue weighted by Gasteiger charge is -2.09. The number of amides is 1. The second-order valence-electron chi connectivity index (χ2n) is 4.26. The molecule has 0 heterocycles. The average Bonchev–Trinajstić information content (AvgIpc) is 2.46. The number of nitrogens with one attached hydrogen (secondary N) is 2. The number of sulfonamides is 1. The van der Waals surface area contributed by atoms with Gasteiger partial charge in [0.05, 0.1) is 12.3 Å². The van der Waals surface area contributed by atoms with Gasteiger partial charge in [0.1, 0.15) is 0 Å². The Hall–Kier alpha value is -1.88. The molecule has 4 N–H and O–H groups in total. The Morgan fingerprint density at radius 1 is 1.38 bits per heavy atom.